The fourth-order valence-electron chi connectivity index (χ4n) is 1.90. The fourth-order valence-corrected chi connectivity index (χ4v) is 1.90. The van der Waals surface area contributed by atoms with Crippen molar-refractivity contribution in [2.75, 3.05) is 0 Å². The molecule has 0 saturated heterocycles. The Bertz CT molecular complexity index is 401. The highest BCUT2D eigenvalue weighted by atomic mass is 19.4. The molecule has 0 aliphatic rings. The van der Waals surface area contributed by atoms with Gasteiger partial charge in [0.05, 0.1) is 11.7 Å². The second kappa shape index (κ2) is 6.89. The van der Waals surface area contributed by atoms with Gasteiger partial charge in [-0.2, -0.15) is 13.2 Å². The van der Waals surface area contributed by atoms with Crippen molar-refractivity contribution in [3.63, 3.8) is 0 Å². The third kappa shape index (κ3) is 4.82. The highest BCUT2D eigenvalue weighted by molar-refractivity contribution is 5.28. The van der Waals surface area contributed by atoms with Gasteiger partial charge in [-0.15, -0.1) is 0 Å². The minimum absolute atomic E-state index is 0.116. The van der Waals surface area contributed by atoms with E-state index in [1.807, 2.05) is 6.92 Å². The maximum atomic E-state index is 13.1. The minimum Gasteiger partial charge on any atom is -0.388 e. The lowest BCUT2D eigenvalue weighted by atomic mass is 10.0. The van der Waals surface area contributed by atoms with Crippen LogP contribution in [0.5, 0.6) is 0 Å². The molecule has 0 amide bonds. The van der Waals surface area contributed by atoms with Gasteiger partial charge in [0, 0.05) is 0 Å². The zero-order chi connectivity index (χ0) is 14.5. The topological polar surface area (TPSA) is 20.2 Å². The van der Waals surface area contributed by atoms with E-state index in [9.17, 15) is 22.7 Å². The van der Waals surface area contributed by atoms with Gasteiger partial charge in [0.15, 0.2) is 0 Å². The summed E-state index contributed by atoms with van der Waals surface area (Å²) in [5.41, 5.74) is -1.21. The molecule has 1 nitrogen and oxygen atoms in total. The van der Waals surface area contributed by atoms with Gasteiger partial charge in [0.2, 0.25) is 0 Å². The first-order valence-corrected chi connectivity index (χ1v) is 6.41. The molecule has 0 radical (unpaired) electrons. The summed E-state index contributed by atoms with van der Waals surface area (Å²) >= 11 is 0. The first kappa shape index (κ1) is 16.0. The van der Waals surface area contributed by atoms with E-state index in [2.05, 4.69) is 0 Å². The van der Waals surface area contributed by atoms with Gasteiger partial charge in [-0.25, -0.2) is 4.39 Å². The molecular formula is C14H18F4O. The second-order valence-corrected chi connectivity index (χ2v) is 4.60. The van der Waals surface area contributed by atoms with E-state index in [1.54, 1.807) is 0 Å². The van der Waals surface area contributed by atoms with Crippen LogP contribution < -0.4 is 0 Å². The number of halogens is 4. The molecule has 0 heterocycles. The van der Waals surface area contributed by atoms with Crippen molar-refractivity contribution < 1.29 is 22.7 Å². The number of alkyl halides is 3. The molecule has 1 N–H and O–H groups in total. The average Bonchev–Trinajstić information content (AvgIpc) is 2.33. The van der Waals surface area contributed by atoms with Crippen LogP contribution in [0.4, 0.5) is 17.6 Å². The van der Waals surface area contributed by atoms with Gasteiger partial charge < -0.3 is 5.11 Å². The van der Waals surface area contributed by atoms with Crippen molar-refractivity contribution >= 4 is 0 Å². The van der Waals surface area contributed by atoms with Crippen LogP contribution in [0.2, 0.25) is 0 Å². The zero-order valence-electron chi connectivity index (χ0n) is 10.8. The SMILES string of the molecule is CCCCCCC(O)c1ccc(F)c(C(F)(F)F)c1. The lowest BCUT2D eigenvalue weighted by molar-refractivity contribution is -0.140. The van der Waals surface area contributed by atoms with Crippen LogP contribution >= 0.6 is 0 Å². The number of hydrogen-bond acceptors (Lipinski definition) is 1. The first-order valence-electron chi connectivity index (χ1n) is 6.41. The van der Waals surface area contributed by atoms with E-state index in [0.717, 1.165) is 31.7 Å². The number of aliphatic hydroxyl groups excluding tert-OH is 1. The van der Waals surface area contributed by atoms with Gasteiger partial charge in [0.1, 0.15) is 5.82 Å². The molecule has 108 valence electrons. The normalized spacial score (nSPS) is 13.6. The molecule has 0 aromatic heterocycles. The Morgan fingerprint density at radius 1 is 1.16 bits per heavy atom. The summed E-state index contributed by atoms with van der Waals surface area (Å²) in [4.78, 5) is 0. The van der Waals surface area contributed by atoms with Gasteiger partial charge in [-0.1, -0.05) is 38.7 Å². The fraction of sp³-hybridized carbons (Fsp3) is 0.571. The summed E-state index contributed by atoms with van der Waals surface area (Å²) < 4.78 is 50.6. The molecule has 1 aromatic carbocycles. The molecule has 1 atom stereocenters. The molecule has 0 aliphatic carbocycles. The maximum absolute atomic E-state index is 13.1. The number of aliphatic hydroxyl groups is 1. The average molecular weight is 278 g/mol. The third-order valence-electron chi connectivity index (χ3n) is 3.01. The van der Waals surface area contributed by atoms with Crippen molar-refractivity contribution in [2.45, 2.75) is 51.3 Å². The lowest BCUT2D eigenvalue weighted by Crippen LogP contribution is -2.10. The van der Waals surface area contributed by atoms with Gasteiger partial charge >= 0.3 is 6.18 Å². The summed E-state index contributed by atoms with van der Waals surface area (Å²) in [5.74, 6) is -1.31. The molecule has 0 aliphatic heterocycles. The van der Waals surface area contributed by atoms with E-state index in [0.29, 0.717) is 12.5 Å². The summed E-state index contributed by atoms with van der Waals surface area (Å²) in [5, 5.41) is 9.81. The second-order valence-electron chi connectivity index (χ2n) is 4.60. The Labute approximate surface area is 110 Å². The summed E-state index contributed by atoms with van der Waals surface area (Å²) in [6.07, 6.45) is -1.56. The highest BCUT2D eigenvalue weighted by Gasteiger charge is 2.34. The predicted octanol–water partition coefficient (Wildman–Crippen LogP) is 4.85. The number of rotatable bonds is 6. The molecule has 1 aromatic rings. The van der Waals surface area contributed by atoms with Crippen LogP contribution in [0, 0.1) is 5.82 Å². The first-order chi connectivity index (χ1) is 8.86. The van der Waals surface area contributed by atoms with Crippen LogP contribution in [-0.4, -0.2) is 5.11 Å². The third-order valence-corrected chi connectivity index (χ3v) is 3.01. The Morgan fingerprint density at radius 2 is 1.84 bits per heavy atom. The molecule has 5 heteroatoms. The summed E-state index contributed by atoms with van der Waals surface area (Å²) in [6, 6.07) is 2.66. The van der Waals surface area contributed by atoms with Gasteiger partial charge in [-0.05, 0) is 24.1 Å². The van der Waals surface area contributed by atoms with Crippen LogP contribution in [0.15, 0.2) is 18.2 Å². The molecular weight excluding hydrogens is 260 g/mol. The summed E-state index contributed by atoms with van der Waals surface area (Å²) in [7, 11) is 0. The molecule has 0 fully saturated rings. The van der Waals surface area contributed by atoms with Crippen molar-refractivity contribution in [1.82, 2.24) is 0 Å². The van der Waals surface area contributed by atoms with Crippen LogP contribution in [-0.2, 0) is 6.18 Å². The molecule has 0 saturated carbocycles. The number of unbranched alkanes of at least 4 members (excludes halogenated alkanes) is 3. The van der Waals surface area contributed by atoms with Crippen molar-refractivity contribution in [2.24, 2.45) is 0 Å². The van der Waals surface area contributed by atoms with E-state index in [1.165, 1.54) is 6.07 Å². The molecule has 0 bridgehead atoms. The smallest absolute Gasteiger partial charge is 0.388 e. The van der Waals surface area contributed by atoms with Crippen LogP contribution in [0.1, 0.15) is 56.3 Å². The van der Waals surface area contributed by atoms with E-state index < -0.39 is 23.7 Å². The maximum Gasteiger partial charge on any atom is 0.419 e. The van der Waals surface area contributed by atoms with Gasteiger partial charge in [0.25, 0.3) is 0 Å². The predicted molar refractivity (Wildman–Crippen MR) is 65.1 cm³/mol. The minimum atomic E-state index is -4.73. The zero-order valence-corrected chi connectivity index (χ0v) is 10.8. The van der Waals surface area contributed by atoms with E-state index in [4.69, 9.17) is 0 Å². The molecule has 19 heavy (non-hydrogen) atoms. The Hall–Kier alpha value is -1.10. The van der Waals surface area contributed by atoms with Crippen LogP contribution in [0.3, 0.4) is 0 Å². The van der Waals surface area contributed by atoms with Crippen molar-refractivity contribution in [1.29, 1.82) is 0 Å². The standard InChI is InChI=1S/C14H18F4O/c1-2-3-4-5-6-13(19)10-7-8-12(15)11(9-10)14(16,17)18/h7-9,13,19H,2-6H2,1H3. The molecule has 0 spiro atoms. The van der Waals surface area contributed by atoms with E-state index >= 15 is 0 Å². The molecule has 1 unspecified atom stereocenters. The quantitative estimate of drug-likeness (QED) is 0.582. The Kier molecular flexibility index (Phi) is 5.79. The highest BCUT2D eigenvalue weighted by Crippen LogP contribution is 2.33. The summed E-state index contributed by atoms with van der Waals surface area (Å²) in [6.45, 7) is 2.05. The van der Waals surface area contributed by atoms with Crippen molar-refractivity contribution in [3.05, 3.63) is 35.1 Å². The van der Waals surface area contributed by atoms with Gasteiger partial charge in [-0.3, -0.25) is 0 Å². The Balaban J connectivity index is 2.73. The van der Waals surface area contributed by atoms with Crippen molar-refractivity contribution in [3.8, 4) is 0 Å². The van der Waals surface area contributed by atoms with E-state index in [-0.39, 0.29) is 5.56 Å². The number of hydrogen-bond donors (Lipinski definition) is 1. The Morgan fingerprint density at radius 3 is 2.42 bits per heavy atom. The number of benzene rings is 1. The van der Waals surface area contributed by atoms with Crippen LogP contribution in [0.25, 0.3) is 0 Å². The molecule has 1 rings (SSSR count). The largest absolute Gasteiger partial charge is 0.419 e. The lowest BCUT2D eigenvalue weighted by Gasteiger charge is -2.14. The monoisotopic (exact) mass is 278 g/mol.